The van der Waals surface area contributed by atoms with Crippen molar-refractivity contribution in [1.29, 1.82) is 0 Å². The number of aryl methyl sites for hydroxylation is 1. The van der Waals surface area contributed by atoms with Crippen LogP contribution in [0, 0.1) is 6.92 Å². The van der Waals surface area contributed by atoms with Gasteiger partial charge in [0.1, 0.15) is 0 Å². The van der Waals surface area contributed by atoms with Crippen molar-refractivity contribution in [1.82, 2.24) is 4.57 Å². The predicted octanol–water partition coefficient (Wildman–Crippen LogP) is 3.53. The molecule has 4 rings (SSSR count). The second kappa shape index (κ2) is 3.55. The minimum absolute atomic E-state index is 0.335. The summed E-state index contributed by atoms with van der Waals surface area (Å²) in [5.41, 5.74) is 3.83. The van der Waals surface area contributed by atoms with E-state index in [4.69, 9.17) is 9.47 Å². The first-order chi connectivity index (χ1) is 8.83. The fraction of sp³-hybridized carbons (Fsp3) is 0.333. The summed E-state index contributed by atoms with van der Waals surface area (Å²) >= 11 is 0. The van der Waals surface area contributed by atoms with Gasteiger partial charge in [-0.2, -0.15) is 0 Å². The number of hydrogen-bond acceptors (Lipinski definition) is 2. The minimum atomic E-state index is 0.335. The maximum atomic E-state index is 5.45. The lowest BCUT2D eigenvalue weighted by Gasteiger charge is -2.11. The van der Waals surface area contributed by atoms with Crippen LogP contribution in [-0.4, -0.2) is 11.4 Å². The number of rotatable bonds is 2. The number of aromatic nitrogens is 1. The van der Waals surface area contributed by atoms with E-state index >= 15 is 0 Å². The van der Waals surface area contributed by atoms with Crippen molar-refractivity contribution in [3.63, 3.8) is 0 Å². The van der Waals surface area contributed by atoms with Crippen molar-refractivity contribution >= 4 is 0 Å². The number of hydrogen-bond donors (Lipinski definition) is 0. The topological polar surface area (TPSA) is 23.4 Å². The van der Waals surface area contributed by atoms with Crippen molar-refractivity contribution < 1.29 is 9.47 Å². The highest BCUT2D eigenvalue weighted by Crippen LogP contribution is 2.42. The van der Waals surface area contributed by atoms with Gasteiger partial charge in [-0.1, -0.05) is 0 Å². The predicted molar refractivity (Wildman–Crippen MR) is 69.0 cm³/mol. The van der Waals surface area contributed by atoms with Crippen LogP contribution in [-0.2, 0) is 0 Å². The van der Waals surface area contributed by atoms with E-state index in [9.17, 15) is 0 Å². The third kappa shape index (κ3) is 1.43. The Labute approximate surface area is 106 Å². The van der Waals surface area contributed by atoms with Crippen LogP contribution in [0.3, 0.4) is 0 Å². The van der Waals surface area contributed by atoms with E-state index in [1.165, 1.54) is 29.8 Å². The zero-order valence-electron chi connectivity index (χ0n) is 10.3. The maximum absolute atomic E-state index is 5.45. The first-order valence-corrected chi connectivity index (χ1v) is 6.41. The van der Waals surface area contributed by atoms with Crippen molar-refractivity contribution in [2.75, 3.05) is 6.79 Å². The molecule has 0 amide bonds. The number of nitrogens with zero attached hydrogens (tertiary/aromatic N) is 1. The lowest BCUT2D eigenvalue weighted by atomic mass is 10.1. The van der Waals surface area contributed by atoms with Crippen molar-refractivity contribution in [2.24, 2.45) is 0 Å². The Kier molecular flexibility index (Phi) is 1.98. The summed E-state index contributed by atoms with van der Waals surface area (Å²) in [4.78, 5) is 0. The Morgan fingerprint density at radius 1 is 1.06 bits per heavy atom. The fourth-order valence-electron chi connectivity index (χ4n) is 2.66. The average molecular weight is 241 g/mol. The highest BCUT2D eigenvalue weighted by Gasteiger charge is 2.27. The van der Waals surface area contributed by atoms with Gasteiger partial charge in [-0.15, -0.1) is 0 Å². The maximum Gasteiger partial charge on any atom is 0.231 e. The van der Waals surface area contributed by atoms with Gasteiger partial charge < -0.3 is 14.0 Å². The summed E-state index contributed by atoms with van der Waals surface area (Å²) in [6.07, 6.45) is 2.60. The molecule has 92 valence electrons. The van der Waals surface area contributed by atoms with Gasteiger partial charge in [0, 0.05) is 23.0 Å². The van der Waals surface area contributed by atoms with E-state index in [-0.39, 0.29) is 0 Å². The van der Waals surface area contributed by atoms with Crippen LogP contribution in [0.25, 0.3) is 11.3 Å². The SMILES string of the molecule is Cc1ccc(-c2ccc3c(c2)OCO3)n1C1CC1. The largest absolute Gasteiger partial charge is 0.454 e. The molecule has 18 heavy (non-hydrogen) atoms. The first-order valence-electron chi connectivity index (χ1n) is 6.41. The van der Waals surface area contributed by atoms with Gasteiger partial charge in [-0.25, -0.2) is 0 Å². The first kappa shape index (κ1) is 10.1. The van der Waals surface area contributed by atoms with Gasteiger partial charge in [0.15, 0.2) is 11.5 Å². The molecule has 0 spiro atoms. The Morgan fingerprint density at radius 3 is 2.72 bits per heavy atom. The lowest BCUT2D eigenvalue weighted by molar-refractivity contribution is 0.174. The Balaban J connectivity index is 1.83. The molecule has 3 heteroatoms. The third-order valence-electron chi connectivity index (χ3n) is 3.70. The molecule has 1 aromatic carbocycles. The number of fused-ring (bicyclic) bond motifs is 1. The summed E-state index contributed by atoms with van der Waals surface area (Å²) in [5.74, 6) is 1.70. The van der Waals surface area contributed by atoms with Gasteiger partial charge in [0.25, 0.3) is 0 Å². The molecule has 1 aliphatic heterocycles. The molecule has 0 unspecified atom stereocenters. The number of benzene rings is 1. The highest BCUT2D eigenvalue weighted by atomic mass is 16.7. The fourth-order valence-corrected chi connectivity index (χ4v) is 2.66. The van der Waals surface area contributed by atoms with Crippen LogP contribution in [0.5, 0.6) is 11.5 Å². The monoisotopic (exact) mass is 241 g/mol. The van der Waals surface area contributed by atoms with Gasteiger partial charge in [-0.3, -0.25) is 0 Å². The smallest absolute Gasteiger partial charge is 0.231 e. The molecule has 0 bridgehead atoms. The molecule has 1 aliphatic carbocycles. The van der Waals surface area contributed by atoms with Crippen LogP contribution < -0.4 is 9.47 Å². The van der Waals surface area contributed by atoms with Crippen LogP contribution in [0.15, 0.2) is 30.3 Å². The average Bonchev–Trinajstić information content (AvgIpc) is 2.98. The summed E-state index contributed by atoms with van der Waals surface area (Å²) < 4.78 is 13.2. The Bertz CT molecular complexity index is 611. The molecule has 3 nitrogen and oxygen atoms in total. The normalized spacial score (nSPS) is 17.2. The van der Waals surface area contributed by atoms with Gasteiger partial charge in [0.05, 0.1) is 0 Å². The second-order valence-corrected chi connectivity index (χ2v) is 5.03. The second-order valence-electron chi connectivity index (χ2n) is 5.03. The summed E-state index contributed by atoms with van der Waals surface area (Å²) in [7, 11) is 0. The lowest BCUT2D eigenvalue weighted by Crippen LogP contribution is -1.98. The molecule has 1 saturated carbocycles. The van der Waals surface area contributed by atoms with Crippen LogP contribution in [0.2, 0.25) is 0 Å². The molecule has 0 saturated heterocycles. The van der Waals surface area contributed by atoms with Gasteiger partial charge in [0.2, 0.25) is 6.79 Å². The standard InChI is InChI=1S/C15H15NO2/c1-10-2-6-13(16(10)12-4-5-12)11-3-7-14-15(8-11)18-9-17-14/h2-3,6-8,12H,4-5,9H2,1H3. The molecular formula is C15H15NO2. The molecule has 2 aliphatic rings. The number of ether oxygens (including phenoxy) is 2. The van der Waals surface area contributed by atoms with Crippen LogP contribution in [0.1, 0.15) is 24.6 Å². The highest BCUT2D eigenvalue weighted by molar-refractivity contribution is 5.66. The summed E-state index contributed by atoms with van der Waals surface area (Å²) in [5, 5.41) is 0. The summed E-state index contributed by atoms with van der Waals surface area (Å²) in [6.45, 7) is 2.51. The van der Waals surface area contributed by atoms with Crippen LogP contribution in [0.4, 0.5) is 0 Å². The van der Waals surface area contributed by atoms with E-state index in [2.05, 4.69) is 35.8 Å². The zero-order valence-corrected chi connectivity index (χ0v) is 10.3. The molecule has 2 aromatic rings. The van der Waals surface area contributed by atoms with Crippen molar-refractivity contribution in [2.45, 2.75) is 25.8 Å². The molecular weight excluding hydrogens is 226 g/mol. The van der Waals surface area contributed by atoms with E-state index < -0.39 is 0 Å². The molecule has 0 N–H and O–H groups in total. The van der Waals surface area contributed by atoms with E-state index in [1.807, 2.05) is 6.07 Å². The van der Waals surface area contributed by atoms with Crippen molar-refractivity contribution in [3.05, 3.63) is 36.0 Å². The quantitative estimate of drug-likeness (QED) is 0.803. The van der Waals surface area contributed by atoms with Crippen molar-refractivity contribution in [3.8, 4) is 22.8 Å². The Morgan fingerprint density at radius 2 is 1.89 bits per heavy atom. The minimum Gasteiger partial charge on any atom is -0.454 e. The van der Waals surface area contributed by atoms with Gasteiger partial charge in [-0.05, 0) is 50.1 Å². The van der Waals surface area contributed by atoms with E-state index in [0.29, 0.717) is 12.8 Å². The van der Waals surface area contributed by atoms with E-state index in [1.54, 1.807) is 0 Å². The Hall–Kier alpha value is -1.90. The van der Waals surface area contributed by atoms with Gasteiger partial charge >= 0.3 is 0 Å². The molecule has 0 atom stereocenters. The summed E-state index contributed by atoms with van der Waals surface area (Å²) in [6, 6.07) is 11.3. The third-order valence-corrected chi connectivity index (χ3v) is 3.70. The molecule has 1 aromatic heterocycles. The van der Waals surface area contributed by atoms with E-state index in [0.717, 1.165) is 11.5 Å². The molecule has 1 fully saturated rings. The molecule has 0 radical (unpaired) electrons. The van der Waals surface area contributed by atoms with Crippen LogP contribution >= 0.6 is 0 Å². The zero-order chi connectivity index (χ0) is 12.1. The molecule has 2 heterocycles.